The number of anilines is 1. The van der Waals surface area contributed by atoms with E-state index >= 15 is 0 Å². The van der Waals surface area contributed by atoms with Crippen molar-refractivity contribution < 1.29 is 14.1 Å². The second-order valence-electron chi connectivity index (χ2n) is 7.18. The number of nitrogens with zero attached hydrogens (tertiary/aromatic N) is 3. The maximum Gasteiger partial charge on any atom is 0.259 e. The van der Waals surface area contributed by atoms with Gasteiger partial charge in [-0.3, -0.25) is 4.79 Å². The van der Waals surface area contributed by atoms with Crippen LogP contribution in [0.5, 0.6) is 5.75 Å². The predicted molar refractivity (Wildman–Crippen MR) is 119 cm³/mol. The molecule has 0 unspecified atom stereocenters. The first-order valence-electron chi connectivity index (χ1n) is 9.77. The van der Waals surface area contributed by atoms with E-state index in [1.165, 1.54) is 0 Å². The van der Waals surface area contributed by atoms with Crippen molar-refractivity contribution in [2.24, 2.45) is 0 Å². The fourth-order valence-electron chi connectivity index (χ4n) is 3.55. The number of hydrogen-bond acceptors (Lipinski definition) is 6. The number of ether oxygens (including phenoxy) is 1. The highest BCUT2D eigenvalue weighted by atomic mass is 32.2. The molecule has 6 nitrogen and oxygen atoms in total. The van der Waals surface area contributed by atoms with E-state index in [1.807, 2.05) is 66.7 Å². The molecule has 154 valence electrons. The number of carbonyl (C=O) groups is 1. The summed E-state index contributed by atoms with van der Waals surface area (Å²) in [6, 6.07) is 21.3. The number of rotatable bonds is 4. The van der Waals surface area contributed by atoms with E-state index in [2.05, 4.69) is 10.1 Å². The molecule has 7 heteroatoms. The molecular weight excluding hydrogens is 410 g/mol. The summed E-state index contributed by atoms with van der Waals surface area (Å²) in [6.07, 6.45) is 0.522. The molecule has 31 heavy (non-hydrogen) atoms. The Balaban J connectivity index is 1.46. The van der Waals surface area contributed by atoms with E-state index in [0.29, 0.717) is 23.7 Å². The third-order valence-corrected chi connectivity index (χ3v) is 6.30. The lowest BCUT2D eigenvalue weighted by Gasteiger charge is -2.17. The molecule has 0 N–H and O–H groups in total. The van der Waals surface area contributed by atoms with Crippen LogP contribution in [0, 0.1) is 0 Å². The van der Waals surface area contributed by atoms with Crippen LogP contribution in [0.25, 0.3) is 11.4 Å². The van der Waals surface area contributed by atoms with E-state index in [4.69, 9.17) is 9.26 Å². The average Bonchev–Trinajstić information content (AvgIpc) is 3.23. The summed E-state index contributed by atoms with van der Waals surface area (Å²) in [6.45, 7) is 0. The van der Waals surface area contributed by atoms with Crippen molar-refractivity contribution in [3.8, 4) is 17.1 Å². The number of methoxy groups -OCH3 is 1. The Morgan fingerprint density at radius 3 is 2.77 bits per heavy atom. The highest BCUT2D eigenvalue weighted by Gasteiger charge is 2.25. The van der Waals surface area contributed by atoms with Gasteiger partial charge in [-0.1, -0.05) is 41.2 Å². The standard InChI is InChI=1S/C24H19N3O3S/c1-27-19-11-10-16(14-21(19)31-20-9-4-3-8-18(20)24(27)28)23-25-22(30-26-23)13-15-6-5-7-17(12-15)29-2/h3-12,14H,13H2,1-2H3. The molecular formula is C24H19N3O3S. The summed E-state index contributed by atoms with van der Waals surface area (Å²) in [4.78, 5) is 21.0. The van der Waals surface area contributed by atoms with Gasteiger partial charge in [0.05, 0.1) is 24.8 Å². The first-order valence-corrected chi connectivity index (χ1v) is 10.6. The van der Waals surface area contributed by atoms with Gasteiger partial charge in [-0.15, -0.1) is 0 Å². The van der Waals surface area contributed by atoms with E-state index in [0.717, 1.165) is 32.4 Å². The van der Waals surface area contributed by atoms with Crippen molar-refractivity contribution in [1.82, 2.24) is 10.1 Å². The van der Waals surface area contributed by atoms with Gasteiger partial charge in [-0.25, -0.2) is 0 Å². The Labute approximate surface area is 183 Å². The van der Waals surface area contributed by atoms with Gasteiger partial charge in [-0.2, -0.15) is 4.98 Å². The van der Waals surface area contributed by atoms with Crippen molar-refractivity contribution in [2.75, 3.05) is 19.1 Å². The molecule has 1 aliphatic heterocycles. The van der Waals surface area contributed by atoms with E-state index in [9.17, 15) is 4.79 Å². The molecule has 2 heterocycles. The molecule has 0 spiro atoms. The van der Waals surface area contributed by atoms with Crippen LogP contribution in [0.2, 0.25) is 0 Å². The zero-order chi connectivity index (χ0) is 21.4. The number of fused-ring (bicyclic) bond motifs is 2. The first kappa shape index (κ1) is 19.4. The first-order chi connectivity index (χ1) is 15.1. The third-order valence-electron chi connectivity index (χ3n) is 5.18. The molecule has 0 bridgehead atoms. The molecule has 1 aromatic heterocycles. The van der Waals surface area contributed by atoms with Crippen LogP contribution in [0.1, 0.15) is 21.8 Å². The van der Waals surface area contributed by atoms with Gasteiger partial charge in [0.25, 0.3) is 5.91 Å². The highest BCUT2D eigenvalue weighted by Crippen LogP contribution is 2.42. The van der Waals surface area contributed by atoms with Crippen LogP contribution < -0.4 is 9.64 Å². The number of hydrogen-bond donors (Lipinski definition) is 0. The third kappa shape index (κ3) is 3.68. The Hall–Kier alpha value is -3.58. The summed E-state index contributed by atoms with van der Waals surface area (Å²) < 4.78 is 10.8. The average molecular weight is 430 g/mol. The summed E-state index contributed by atoms with van der Waals surface area (Å²) in [7, 11) is 3.44. The van der Waals surface area contributed by atoms with Crippen molar-refractivity contribution in [2.45, 2.75) is 16.2 Å². The summed E-state index contributed by atoms with van der Waals surface area (Å²) >= 11 is 1.57. The molecule has 1 aliphatic rings. The molecule has 0 atom stereocenters. The molecule has 1 amide bonds. The fourth-order valence-corrected chi connectivity index (χ4v) is 4.70. The van der Waals surface area contributed by atoms with Crippen molar-refractivity contribution in [1.29, 1.82) is 0 Å². The van der Waals surface area contributed by atoms with Gasteiger partial charge < -0.3 is 14.2 Å². The summed E-state index contributed by atoms with van der Waals surface area (Å²) in [5.41, 5.74) is 3.43. The second-order valence-corrected chi connectivity index (χ2v) is 8.27. The minimum atomic E-state index is -0.0188. The van der Waals surface area contributed by atoms with Crippen LogP contribution in [-0.4, -0.2) is 30.2 Å². The largest absolute Gasteiger partial charge is 0.497 e. The Kier molecular flexibility index (Phi) is 4.95. The van der Waals surface area contributed by atoms with Crippen LogP contribution in [0.3, 0.4) is 0 Å². The van der Waals surface area contributed by atoms with Crippen LogP contribution in [0.15, 0.2) is 81.0 Å². The zero-order valence-corrected chi connectivity index (χ0v) is 17.8. The molecule has 0 radical (unpaired) electrons. The van der Waals surface area contributed by atoms with Gasteiger partial charge in [0, 0.05) is 22.4 Å². The quantitative estimate of drug-likeness (QED) is 0.451. The molecule has 0 fully saturated rings. The topological polar surface area (TPSA) is 68.5 Å². The van der Waals surface area contributed by atoms with Crippen LogP contribution >= 0.6 is 11.8 Å². The Morgan fingerprint density at radius 2 is 1.90 bits per heavy atom. The van der Waals surface area contributed by atoms with E-state index in [1.54, 1.807) is 30.8 Å². The fraction of sp³-hybridized carbons (Fsp3) is 0.125. The van der Waals surface area contributed by atoms with Gasteiger partial charge in [0.1, 0.15) is 5.75 Å². The smallest absolute Gasteiger partial charge is 0.259 e. The number of aromatic nitrogens is 2. The molecule has 0 saturated heterocycles. The SMILES string of the molecule is COc1cccc(Cc2nc(-c3ccc4c(c3)Sc3ccccc3C(=O)N4C)no2)c1. The van der Waals surface area contributed by atoms with E-state index < -0.39 is 0 Å². The summed E-state index contributed by atoms with van der Waals surface area (Å²) in [5.74, 6) is 1.82. The molecule has 0 saturated carbocycles. The molecule has 0 aliphatic carbocycles. The van der Waals surface area contributed by atoms with Gasteiger partial charge in [-0.05, 0) is 48.0 Å². The normalized spacial score (nSPS) is 12.8. The van der Waals surface area contributed by atoms with E-state index in [-0.39, 0.29) is 5.91 Å². The predicted octanol–water partition coefficient (Wildman–Crippen LogP) is 5.08. The minimum absolute atomic E-state index is 0.0188. The maximum atomic E-state index is 12.8. The molecule has 5 rings (SSSR count). The van der Waals surface area contributed by atoms with Crippen LogP contribution in [0.4, 0.5) is 5.69 Å². The van der Waals surface area contributed by atoms with Gasteiger partial charge in [0.15, 0.2) is 0 Å². The Morgan fingerprint density at radius 1 is 1.03 bits per heavy atom. The molecule has 4 aromatic rings. The zero-order valence-electron chi connectivity index (χ0n) is 17.0. The highest BCUT2D eigenvalue weighted by molar-refractivity contribution is 7.99. The number of carbonyl (C=O) groups excluding carboxylic acids is 1. The van der Waals surface area contributed by atoms with Gasteiger partial charge in [0.2, 0.25) is 11.7 Å². The van der Waals surface area contributed by atoms with Crippen molar-refractivity contribution >= 4 is 23.4 Å². The lowest BCUT2D eigenvalue weighted by atomic mass is 10.1. The van der Waals surface area contributed by atoms with Crippen LogP contribution in [-0.2, 0) is 6.42 Å². The van der Waals surface area contributed by atoms with Gasteiger partial charge >= 0.3 is 0 Å². The Bertz CT molecular complexity index is 1280. The maximum absolute atomic E-state index is 12.8. The lowest BCUT2D eigenvalue weighted by Crippen LogP contribution is -2.25. The lowest BCUT2D eigenvalue weighted by molar-refractivity contribution is 0.0990. The van der Waals surface area contributed by atoms with Crippen molar-refractivity contribution in [3.63, 3.8) is 0 Å². The van der Waals surface area contributed by atoms with Crippen molar-refractivity contribution in [3.05, 3.63) is 83.7 Å². The monoisotopic (exact) mass is 429 g/mol. The minimum Gasteiger partial charge on any atom is -0.497 e. The molecule has 3 aromatic carbocycles. The summed E-state index contributed by atoms with van der Waals surface area (Å²) in [5, 5.41) is 4.17. The second kappa shape index (κ2) is 7.92. The number of benzene rings is 3. The number of amides is 1.